The third-order valence-corrected chi connectivity index (χ3v) is 3.02. The number of carbonyl (C=O) groups is 1. The number of ether oxygens (including phenoxy) is 1. The Bertz CT molecular complexity index is 452. The summed E-state index contributed by atoms with van der Waals surface area (Å²) in [5.41, 5.74) is 1.76. The molecule has 92 valence electrons. The van der Waals surface area contributed by atoms with Gasteiger partial charge >= 0.3 is 5.97 Å². The van der Waals surface area contributed by atoms with Gasteiger partial charge in [-0.1, -0.05) is 0 Å². The summed E-state index contributed by atoms with van der Waals surface area (Å²) in [4.78, 5) is 15.4. The van der Waals surface area contributed by atoms with Gasteiger partial charge in [-0.3, -0.25) is 4.98 Å². The van der Waals surface area contributed by atoms with Crippen LogP contribution in [0.25, 0.3) is 0 Å². The van der Waals surface area contributed by atoms with Crippen LogP contribution in [0.3, 0.4) is 0 Å². The molecule has 0 saturated heterocycles. The SMILES string of the molecule is COC(=O)c1cnc(C2CC(F)(F)C2)c(C)c1. The van der Waals surface area contributed by atoms with Crippen molar-refractivity contribution in [2.75, 3.05) is 7.11 Å². The quantitative estimate of drug-likeness (QED) is 0.747. The second kappa shape index (κ2) is 4.05. The molecule has 1 aromatic rings. The predicted molar refractivity (Wildman–Crippen MR) is 57.2 cm³/mol. The molecule has 0 radical (unpaired) electrons. The van der Waals surface area contributed by atoms with Gasteiger partial charge in [-0.25, -0.2) is 13.6 Å². The van der Waals surface area contributed by atoms with E-state index in [0.717, 1.165) is 5.56 Å². The van der Waals surface area contributed by atoms with E-state index in [9.17, 15) is 13.6 Å². The standard InChI is InChI=1S/C12H13F2NO2/c1-7-3-8(11(16)17-2)6-15-10(7)9-4-12(13,14)5-9/h3,6,9H,4-5H2,1-2H3. The van der Waals surface area contributed by atoms with Crippen LogP contribution in [0, 0.1) is 6.92 Å². The van der Waals surface area contributed by atoms with E-state index < -0.39 is 11.9 Å². The molecule has 0 atom stereocenters. The maximum Gasteiger partial charge on any atom is 0.339 e. The highest BCUT2D eigenvalue weighted by Gasteiger charge is 2.46. The summed E-state index contributed by atoms with van der Waals surface area (Å²) in [6, 6.07) is 1.63. The van der Waals surface area contributed by atoms with Crippen molar-refractivity contribution < 1.29 is 18.3 Å². The number of halogens is 2. The molecule has 0 unspecified atom stereocenters. The van der Waals surface area contributed by atoms with Gasteiger partial charge in [0.05, 0.1) is 12.7 Å². The number of pyridine rings is 1. The average Bonchev–Trinajstić information content (AvgIpc) is 2.24. The van der Waals surface area contributed by atoms with Crippen LogP contribution < -0.4 is 0 Å². The van der Waals surface area contributed by atoms with Crippen molar-refractivity contribution in [3.8, 4) is 0 Å². The molecular formula is C12H13F2NO2. The molecule has 1 saturated carbocycles. The Morgan fingerprint density at radius 2 is 2.18 bits per heavy atom. The number of methoxy groups -OCH3 is 1. The van der Waals surface area contributed by atoms with Crippen molar-refractivity contribution >= 4 is 5.97 Å². The van der Waals surface area contributed by atoms with Crippen LogP contribution in [0.2, 0.25) is 0 Å². The Morgan fingerprint density at radius 1 is 1.53 bits per heavy atom. The zero-order valence-corrected chi connectivity index (χ0v) is 9.67. The number of hydrogen-bond acceptors (Lipinski definition) is 3. The normalized spacial score (nSPS) is 18.6. The van der Waals surface area contributed by atoms with Crippen LogP contribution in [-0.4, -0.2) is 24.0 Å². The number of nitrogens with zero attached hydrogens (tertiary/aromatic N) is 1. The number of alkyl halides is 2. The highest BCUT2D eigenvalue weighted by molar-refractivity contribution is 5.89. The fourth-order valence-electron chi connectivity index (χ4n) is 2.10. The van der Waals surface area contributed by atoms with E-state index in [-0.39, 0.29) is 18.8 Å². The van der Waals surface area contributed by atoms with E-state index in [1.54, 1.807) is 13.0 Å². The molecule has 0 N–H and O–H groups in total. The smallest absolute Gasteiger partial charge is 0.339 e. The van der Waals surface area contributed by atoms with Gasteiger partial charge in [0.15, 0.2) is 0 Å². The fraction of sp³-hybridized carbons (Fsp3) is 0.500. The molecule has 1 aliphatic carbocycles. The van der Waals surface area contributed by atoms with Gasteiger partial charge in [-0.2, -0.15) is 0 Å². The van der Waals surface area contributed by atoms with Crippen molar-refractivity contribution in [3.05, 3.63) is 29.1 Å². The Hall–Kier alpha value is -1.52. The third kappa shape index (κ3) is 2.28. The highest BCUT2D eigenvalue weighted by Crippen LogP contribution is 2.48. The molecule has 0 spiro atoms. The topological polar surface area (TPSA) is 39.2 Å². The molecule has 5 heteroatoms. The molecule has 17 heavy (non-hydrogen) atoms. The second-order valence-electron chi connectivity index (χ2n) is 4.38. The molecule has 0 aromatic carbocycles. The number of aromatic nitrogens is 1. The van der Waals surface area contributed by atoms with Gasteiger partial charge in [-0.05, 0) is 18.6 Å². The summed E-state index contributed by atoms with van der Waals surface area (Å²) in [5, 5.41) is 0. The minimum absolute atomic E-state index is 0.154. The second-order valence-corrected chi connectivity index (χ2v) is 4.38. The van der Waals surface area contributed by atoms with E-state index in [1.807, 2.05) is 0 Å². The van der Waals surface area contributed by atoms with Gasteiger partial charge in [0.2, 0.25) is 5.92 Å². The summed E-state index contributed by atoms with van der Waals surface area (Å²) in [6.07, 6.45) is 1.07. The zero-order chi connectivity index (χ0) is 12.6. The van der Waals surface area contributed by atoms with Crippen molar-refractivity contribution in [2.45, 2.75) is 31.6 Å². The Labute approximate surface area is 97.8 Å². The number of esters is 1. The van der Waals surface area contributed by atoms with E-state index >= 15 is 0 Å². The van der Waals surface area contributed by atoms with Crippen molar-refractivity contribution in [3.63, 3.8) is 0 Å². The van der Waals surface area contributed by atoms with Crippen LogP contribution >= 0.6 is 0 Å². The number of carbonyl (C=O) groups excluding carboxylic acids is 1. The van der Waals surface area contributed by atoms with Gasteiger partial charge in [0, 0.05) is 30.7 Å². The van der Waals surface area contributed by atoms with Crippen molar-refractivity contribution in [1.82, 2.24) is 4.98 Å². The first kappa shape index (κ1) is 12.0. The summed E-state index contributed by atoms with van der Waals surface area (Å²) < 4.78 is 30.1. The summed E-state index contributed by atoms with van der Waals surface area (Å²) >= 11 is 0. The van der Waals surface area contributed by atoms with E-state index in [0.29, 0.717) is 11.3 Å². The maximum atomic E-state index is 12.8. The summed E-state index contributed by atoms with van der Waals surface area (Å²) in [7, 11) is 1.29. The van der Waals surface area contributed by atoms with Crippen molar-refractivity contribution in [2.24, 2.45) is 0 Å². The molecule has 1 heterocycles. The molecular weight excluding hydrogens is 228 g/mol. The summed E-state index contributed by atoms with van der Waals surface area (Å²) in [5.74, 6) is -3.22. The number of hydrogen-bond donors (Lipinski definition) is 0. The summed E-state index contributed by atoms with van der Waals surface area (Å²) in [6.45, 7) is 1.77. The maximum absolute atomic E-state index is 12.8. The minimum Gasteiger partial charge on any atom is -0.465 e. The molecule has 0 aliphatic heterocycles. The molecule has 0 bridgehead atoms. The lowest BCUT2D eigenvalue weighted by atomic mass is 9.77. The number of aryl methyl sites for hydroxylation is 1. The van der Waals surface area contributed by atoms with Gasteiger partial charge < -0.3 is 4.74 Å². The van der Waals surface area contributed by atoms with E-state index in [4.69, 9.17) is 0 Å². The Balaban J connectivity index is 2.19. The van der Waals surface area contributed by atoms with E-state index in [1.165, 1.54) is 13.3 Å². The van der Waals surface area contributed by atoms with Crippen molar-refractivity contribution in [1.29, 1.82) is 0 Å². The van der Waals surface area contributed by atoms with Crippen LogP contribution in [0.15, 0.2) is 12.3 Å². The lowest BCUT2D eigenvalue weighted by Crippen LogP contribution is -2.34. The highest BCUT2D eigenvalue weighted by atomic mass is 19.3. The van der Waals surface area contributed by atoms with Gasteiger partial charge in [0.1, 0.15) is 0 Å². The first-order valence-corrected chi connectivity index (χ1v) is 5.35. The van der Waals surface area contributed by atoms with Gasteiger partial charge in [0.25, 0.3) is 0 Å². The minimum atomic E-state index is -2.56. The average molecular weight is 241 g/mol. The lowest BCUT2D eigenvalue weighted by Gasteiger charge is -2.35. The molecule has 2 rings (SSSR count). The predicted octanol–water partition coefficient (Wildman–Crippen LogP) is 2.69. The molecule has 1 aromatic heterocycles. The molecule has 1 fully saturated rings. The van der Waals surface area contributed by atoms with E-state index in [2.05, 4.69) is 9.72 Å². The molecule has 0 amide bonds. The molecule has 1 aliphatic rings. The third-order valence-electron chi connectivity index (χ3n) is 3.02. The first-order chi connectivity index (χ1) is 7.93. The largest absolute Gasteiger partial charge is 0.465 e. The Kier molecular flexibility index (Phi) is 2.85. The lowest BCUT2D eigenvalue weighted by molar-refractivity contribution is -0.0877. The fourth-order valence-corrected chi connectivity index (χ4v) is 2.10. The van der Waals surface area contributed by atoms with Crippen LogP contribution in [-0.2, 0) is 4.74 Å². The number of rotatable bonds is 2. The molecule has 3 nitrogen and oxygen atoms in total. The van der Waals surface area contributed by atoms with Gasteiger partial charge in [-0.15, -0.1) is 0 Å². The first-order valence-electron chi connectivity index (χ1n) is 5.35. The van der Waals surface area contributed by atoms with Crippen LogP contribution in [0.5, 0.6) is 0 Å². The van der Waals surface area contributed by atoms with Crippen LogP contribution in [0.4, 0.5) is 8.78 Å². The zero-order valence-electron chi connectivity index (χ0n) is 9.67. The monoisotopic (exact) mass is 241 g/mol. The van der Waals surface area contributed by atoms with Crippen LogP contribution in [0.1, 0.15) is 40.4 Å². The Morgan fingerprint density at radius 3 is 2.65 bits per heavy atom.